The average Bonchev–Trinajstić information content (AvgIpc) is 3.56. The highest BCUT2D eigenvalue weighted by Gasteiger charge is 2.27. The number of nitrogens with zero attached hydrogens (tertiary/aromatic N) is 5. The largest absolute Gasteiger partial charge is 0.334 e. The second-order valence-electron chi connectivity index (χ2n) is 9.80. The van der Waals surface area contributed by atoms with Gasteiger partial charge < -0.3 is 20.5 Å². The molecule has 2 aliphatic heterocycles. The van der Waals surface area contributed by atoms with E-state index in [2.05, 4.69) is 61.1 Å². The molecule has 2 aliphatic rings. The molecule has 2 unspecified atom stereocenters. The van der Waals surface area contributed by atoms with Crippen LogP contribution < -0.4 is 10.0 Å². The number of anilines is 2. The lowest BCUT2D eigenvalue weighted by Crippen LogP contribution is -2.44. The summed E-state index contributed by atoms with van der Waals surface area (Å²) >= 11 is -0.165. The van der Waals surface area contributed by atoms with E-state index in [0.717, 1.165) is 31.1 Å². The molecule has 4 heterocycles. The van der Waals surface area contributed by atoms with Crippen molar-refractivity contribution in [1.29, 1.82) is 5.41 Å². The number of amides is 2. The minimum Gasteiger partial charge on any atom is -0.334 e. The summed E-state index contributed by atoms with van der Waals surface area (Å²) in [6.07, 6.45) is 8.93. The van der Waals surface area contributed by atoms with Crippen molar-refractivity contribution in [3.05, 3.63) is 48.4 Å². The van der Waals surface area contributed by atoms with E-state index < -0.39 is 11.8 Å². The zero-order chi connectivity index (χ0) is 27.1. The van der Waals surface area contributed by atoms with Crippen LogP contribution in [0.1, 0.15) is 37.8 Å². The van der Waals surface area contributed by atoms with Gasteiger partial charge in [-0.25, -0.2) is 0 Å². The number of carbonyl (C=O) groups is 2. The summed E-state index contributed by atoms with van der Waals surface area (Å²) in [7, 11) is 2.17. The van der Waals surface area contributed by atoms with Crippen molar-refractivity contribution in [2.24, 2.45) is 5.92 Å². The molecule has 1 aromatic carbocycles. The number of benzene rings is 1. The van der Waals surface area contributed by atoms with Crippen LogP contribution in [0.15, 0.2) is 42.9 Å². The number of aromatic nitrogens is 3. The van der Waals surface area contributed by atoms with E-state index in [0.29, 0.717) is 30.6 Å². The molecule has 3 N–H and O–H groups in total. The fourth-order valence-corrected chi connectivity index (χ4v) is 5.13. The van der Waals surface area contributed by atoms with E-state index >= 15 is 0 Å². The summed E-state index contributed by atoms with van der Waals surface area (Å²) in [6.45, 7) is 5.45. The molecule has 3 aromatic rings. The molecule has 2 fully saturated rings. The topological polar surface area (TPSA) is 119 Å². The summed E-state index contributed by atoms with van der Waals surface area (Å²) in [5.74, 6) is -1.05. The van der Waals surface area contributed by atoms with Crippen molar-refractivity contribution >= 4 is 52.6 Å². The normalized spacial score (nSPS) is 19.5. The van der Waals surface area contributed by atoms with E-state index in [4.69, 9.17) is 5.41 Å². The number of carbonyl (C=O) groups excluding carboxylic acids is 2. The Kier molecular flexibility index (Phi) is 9.29. The van der Waals surface area contributed by atoms with Gasteiger partial charge in [0.05, 0.1) is 29.1 Å². The molecule has 12 heteroatoms. The van der Waals surface area contributed by atoms with Gasteiger partial charge in [0.15, 0.2) is 12.3 Å². The van der Waals surface area contributed by atoms with Gasteiger partial charge >= 0.3 is 11.8 Å². The summed E-state index contributed by atoms with van der Waals surface area (Å²) < 4.78 is 17.0. The number of likely N-dealkylation sites (tertiary alicyclic amines) is 2. The van der Waals surface area contributed by atoms with Crippen molar-refractivity contribution in [1.82, 2.24) is 24.6 Å². The van der Waals surface area contributed by atoms with Crippen LogP contribution in [0.3, 0.4) is 0 Å². The minimum absolute atomic E-state index is 0.152. The number of nitrogens with one attached hydrogen (secondary N) is 3. The van der Waals surface area contributed by atoms with Gasteiger partial charge in [-0.15, -0.1) is 3.89 Å². The lowest BCUT2D eigenvalue weighted by atomic mass is 10.0. The Morgan fingerprint density at radius 1 is 1.18 bits per heavy atom. The smallest absolute Gasteiger partial charge is 0.314 e. The Morgan fingerprint density at radius 3 is 2.68 bits per heavy atom. The van der Waals surface area contributed by atoms with Gasteiger partial charge in [0.25, 0.3) is 0 Å². The first-order valence-electron chi connectivity index (χ1n) is 12.6. The van der Waals surface area contributed by atoms with Gasteiger partial charge in [-0.2, -0.15) is 5.10 Å². The minimum atomic E-state index is -0.796. The second-order valence-corrected chi connectivity index (χ2v) is 10.2. The molecule has 10 nitrogen and oxygen atoms in total. The standard InChI is InChI=1S/C14H18FN5O2S.C12H15N3/c1-9-3-2-4-20(8-9)14(22)13(21)18-11-7-17-6-10(5-16)12(11)19-23-15;1-14-7-6-11(9-14)15-8-10-4-2-3-5-12(10)13-15/h5-7,9,16H,2-4,8H2,1H3,(H,17,19)(H,18,21);2-5,8,11H,6-7,9H2,1H3. The van der Waals surface area contributed by atoms with Gasteiger partial charge in [0, 0.05) is 49.2 Å². The monoisotopic (exact) mass is 540 g/mol. The Balaban J connectivity index is 0.000000192. The molecule has 0 spiro atoms. The maximum absolute atomic E-state index is 12.5. The summed E-state index contributed by atoms with van der Waals surface area (Å²) in [5, 5.41) is 15.6. The average molecular weight is 541 g/mol. The van der Waals surface area contributed by atoms with Crippen molar-refractivity contribution in [3.63, 3.8) is 0 Å². The maximum atomic E-state index is 12.5. The highest BCUT2D eigenvalue weighted by atomic mass is 32.2. The molecule has 0 radical (unpaired) electrons. The van der Waals surface area contributed by atoms with E-state index in [9.17, 15) is 13.5 Å². The molecule has 0 aliphatic carbocycles. The first-order chi connectivity index (χ1) is 18.4. The molecular weight excluding hydrogens is 507 g/mol. The molecule has 2 atom stereocenters. The molecule has 0 saturated carbocycles. The molecule has 2 amide bonds. The third-order valence-corrected chi connectivity index (χ3v) is 7.11. The van der Waals surface area contributed by atoms with Crippen LogP contribution in [0.25, 0.3) is 10.9 Å². The predicted octanol–water partition coefficient (Wildman–Crippen LogP) is 4.13. The zero-order valence-electron chi connectivity index (χ0n) is 21.6. The first kappa shape index (κ1) is 27.5. The molecule has 202 valence electrons. The molecule has 5 rings (SSSR count). The molecule has 0 bridgehead atoms. The zero-order valence-corrected chi connectivity index (χ0v) is 22.4. The molecule has 2 saturated heterocycles. The van der Waals surface area contributed by atoms with E-state index in [-0.39, 0.29) is 23.7 Å². The fraction of sp³-hybridized carbons (Fsp3) is 0.423. The van der Waals surface area contributed by atoms with Crippen LogP contribution in [-0.2, 0) is 9.59 Å². The molecule has 2 aromatic heterocycles. The Labute approximate surface area is 225 Å². The number of halogens is 1. The lowest BCUT2D eigenvalue weighted by Gasteiger charge is -2.30. The summed E-state index contributed by atoms with van der Waals surface area (Å²) in [6, 6.07) is 8.86. The van der Waals surface area contributed by atoms with Gasteiger partial charge in [-0.3, -0.25) is 24.0 Å². The van der Waals surface area contributed by atoms with Crippen LogP contribution in [-0.4, -0.2) is 75.8 Å². The van der Waals surface area contributed by atoms with E-state index in [1.165, 1.54) is 35.6 Å². The van der Waals surface area contributed by atoms with E-state index in [1.54, 1.807) is 0 Å². The number of likely N-dealkylation sites (N-methyl/N-ethyl adjacent to an activating group) is 1. The number of piperidine rings is 1. The first-order valence-corrected chi connectivity index (χ1v) is 13.4. The number of pyridine rings is 1. The molecule has 38 heavy (non-hydrogen) atoms. The van der Waals surface area contributed by atoms with Gasteiger partial charge in [-0.05, 0) is 44.8 Å². The third kappa shape index (κ3) is 6.67. The van der Waals surface area contributed by atoms with Crippen LogP contribution in [0, 0.1) is 11.3 Å². The number of fused-ring (bicyclic) bond motifs is 1. The highest BCUT2D eigenvalue weighted by Crippen LogP contribution is 2.27. The van der Waals surface area contributed by atoms with Gasteiger partial charge in [-0.1, -0.05) is 25.1 Å². The van der Waals surface area contributed by atoms with Crippen LogP contribution >= 0.6 is 12.3 Å². The maximum Gasteiger partial charge on any atom is 0.314 e. The Morgan fingerprint density at radius 2 is 2.00 bits per heavy atom. The van der Waals surface area contributed by atoms with Crippen molar-refractivity contribution in [3.8, 4) is 0 Å². The second kappa shape index (κ2) is 12.8. The SMILES string of the molecule is CC1CCCN(C(=O)C(=O)Nc2cncc(C=N)c2NSF)C1.CN1CCC(n2cc3ccccc3n2)C1. The quantitative estimate of drug-likeness (QED) is 0.253. The number of hydrogen-bond donors (Lipinski definition) is 3. The lowest BCUT2D eigenvalue weighted by molar-refractivity contribution is -0.144. The fourth-order valence-electron chi connectivity index (χ4n) is 4.82. The number of rotatable bonds is 5. The Hall–Kier alpha value is -3.51. The van der Waals surface area contributed by atoms with Crippen LogP contribution in [0.4, 0.5) is 15.3 Å². The van der Waals surface area contributed by atoms with Crippen molar-refractivity contribution < 1.29 is 13.5 Å². The van der Waals surface area contributed by atoms with Crippen molar-refractivity contribution in [2.45, 2.75) is 32.2 Å². The van der Waals surface area contributed by atoms with Gasteiger partial charge in [0.1, 0.15) is 0 Å². The predicted molar refractivity (Wildman–Crippen MR) is 149 cm³/mol. The van der Waals surface area contributed by atoms with E-state index in [1.807, 2.05) is 13.0 Å². The molecular formula is C26H33FN8O2S. The van der Waals surface area contributed by atoms with Crippen molar-refractivity contribution in [2.75, 3.05) is 43.3 Å². The Bertz CT molecular complexity index is 1250. The third-order valence-electron chi connectivity index (χ3n) is 6.83. The number of hydrogen-bond acceptors (Lipinski definition) is 8. The van der Waals surface area contributed by atoms with Gasteiger partial charge in [0.2, 0.25) is 0 Å². The van der Waals surface area contributed by atoms with Crippen LogP contribution in [0.5, 0.6) is 0 Å². The summed E-state index contributed by atoms with van der Waals surface area (Å²) in [5.41, 5.74) is 1.74. The summed E-state index contributed by atoms with van der Waals surface area (Å²) in [4.78, 5) is 32.1. The highest BCUT2D eigenvalue weighted by molar-refractivity contribution is 7.95. The van der Waals surface area contributed by atoms with Crippen LogP contribution in [0.2, 0.25) is 0 Å².